The molecule has 0 amide bonds. The number of ether oxygens (including phenoxy) is 1. The summed E-state index contributed by atoms with van der Waals surface area (Å²) in [6.45, 7) is 4.71. The third-order valence-electron chi connectivity index (χ3n) is 2.73. The lowest BCUT2D eigenvalue weighted by Gasteiger charge is -2.13. The zero-order valence-electron chi connectivity index (χ0n) is 11.7. The monoisotopic (exact) mass is 292 g/mol. The lowest BCUT2D eigenvalue weighted by Crippen LogP contribution is -2.04. The second-order valence-corrected chi connectivity index (χ2v) is 4.63. The van der Waals surface area contributed by atoms with Crippen LogP contribution in [-0.4, -0.2) is 23.6 Å². The molecule has 0 atom stereocenters. The molecular formula is C14H17ClN4O. The van der Waals surface area contributed by atoms with E-state index in [9.17, 15) is 0 Å². The number of nitrogens with one attached hydrogen (secondary N) is 2. The van der Waals surface area contributed by atoms with Gasteiger partial charge in [0.05, 0.1) is 12.8 Å². The van der Waals surface area contributed by atoms with E-state index >= 15 is 0 Å². The number of nitrogens with zero attached hydrogens (tertiary/aromatic N) is 2. The third kappa shape index (κ3) is 3.30. The molecule has 0 fully saturated rings. The van der Waals surface area contributed by atoms with Gasteiger partial charge in [0.2, 0.25) is 5.95 Å². The Bertz CT molecular complexity index is 604. The van der Waals surface area contributed by atoms with Gasteiger partial charge in [0.1, 0.15) is 11.6 Å². The Balaban J connectivity index is 2.29. The maximum Gasteiger partial charge on any atom is 0.224 e. The molecule has 2 aromatic rings. The molecule has 0 saturated heterocycles. The number of aromatic nitrogens is 2. The average Bonchev–Trinajstić information content (AvgIpc) is 2.43. The largest absolute Gasteiger partial charge is 0.495 e. The summed E-state index contributed by atoms with van der Waals surface area (Å²) in [6.07, 6.45) is 1.70. The van der Waals surface area contributed by atoms with Crippen molar-refractivity contribution in [3.63, 3.8) is 0 Å². The fraction of sp³-hybridized carbons (Fsp3) is 0.286. The van der Waals surface area contributed by atoms with Crippen molar-refractivity contribution >= 4 is 29.1 Å². The number of methoxy groups -OCH3 is 1. The molecule has 6 heteroatoms. The zero-order chi connectivity index (χ0) is 14.5. The highest BCUT2D eigenvalue weighted by molar-refractivity contribution is 6.31. The van der Waals surface area contributed by atoms with E-state index in [0.717, 1.165) is 17.8 Å². The molecule has 1 aromatic carbocycles. The van der Waals surface area contributed by atoms with Crippen molar-refractivity contribution in [3.8, 4) is 5.75 Å². The smallest absolute Gasteiger partial charge is 0.224 e. The quantitative estimate of drug-likeness (QED) is 0.881. The Hall–Kier alpha value is -2.01. The molecule has 20 heavy (non-hydrogen) atoms. The number of benzene rings is 1. The first-order valence-corrected chi connectivity index (χ1v) is 6.70. The minimum absolute atomic E-state index is 0.585. The number of hydrogen-bond acceptors (Lipinski definition) is 5. The summed E-state index contributed by atoms with van der Waals surface area (Å²) in [5.74, 6) is 1.95. The van der Waals surface area contributed by atoms with Gasteiger partial charge in [0, 0.05) is 23.8 Å². The lowest BCUT2D eigenvalue weighted by atomic mass is 10.2. The highest BCUT2D eigenvalue weighted by Gasteiger charge is 2.08. The average molecular weight is 293 g/mol. The fourth-order valence-corrected chi connectivity index (χ4v) is 1.89. The van der Waals surface area contributed by atoms with Crippen LogP contribution < -0.4 is 15.4 Å². The summed E-state index contributed by atoms with van der Waals surface area (Å²) < 4.78 is 5.33. The number of aryl methyl sites for hydroxylation is 1. The molecule has 5 nitrogen and oxygen atoms in total. The molecular weight excluding hydrogens is 276 g/mol. The van der Waals surface area contributed by atoms with Crippen molar-refractivity contribution in [2.45, 2.75) is 13.8 Å². The molecule has 0 aliphatic rings. The number of rotatable bonds is 5. The van der Waals surface area contributed by atoms with E-state index in [4.69, 9.17) is 16.3 Å². The van der Waals surface area contributed by atoms with Gasteiger partial charge in [0.25, 0.3) is 0 Å². The van der Waals surface area contributed by atoms with Gasteiger partial charge in [-0.2, -0.15) is 4.98 Å². The van der Waals surface area contributed by atoms with E-state index in [1.165, 1.54) is 0 Å². The van der Waals surface area contributed by atoms with Crippen molar-refractivity contribution in [3.05, 3.63) is 35.0 Å². The molecule has 1 aromatic heterocycles. The molecule has 1 heterocycles. The van der Waals surface area contributed by atoms with Crippen LogP contribution in [0.3, 0.4) is 0 Å². The molecule has 106 valence electrons. The number of hydrogen-bond donors (Lipinski definition) is 2. The molecule has 2 rings (SSSR count). The molecule has 0 bridgehead atoms. The summed E-state index contributed by atoms with van der Waals surface area (Å²) in [5, 5.41) is 6.95. The van der Waals surface area contributed by atoms with Crippen LogP contribution in [0, 0.1) is 6.92 Å². The highest BCUT2D eigenvalue weighted by atomic mass is 35.5. The SMILES string of the molecule is CCNc1nccc(Nc2cc(C)c(Cl)cc2OC)n1. The van der Waals surface area contributed by atoms with E-state index in [1.54, 1.807) is 25.4 Å². The van der Waals surface area contributed by atoms with Crippen LogP contribution in [-0.2, 0) is 0 Å². The van der Waals surface area contributed by atoms with Crippen molar-refractivity contribution in [1.29, 1.82) is 0 Å². The van der Waals surface area contributed by atoms with E-state index in [0.29, 0.717) is 22.5 Å². The second kappa shape index (κ2) is 6.43. The molecule has 0 radical (unpaired) electrons. The molecule has 0 saturated carbocycles. The zero-order valence-corrected chi connectivity index (χ0v) is 12.5. The van der Waals surface area contributed by atoms with Gasteiger partial charge in [-0.1, -0.05) is 11.6 Å². The van der Waals surface area contributed by atoms with Gasteiger partial charge in [-0.3, -0.25) is 0 Å². The third-order valence-corrected chi connectivity index (χ3v) is 3.14. The number of halogens is 1. The standard InChI is InChI=1S/C14H17ClN4O/c1-4-16-14-17-6-5-13(19-14)18-11-7-9(2)10(15)8-12(11)20-3/h5-8H,4H2,1-3H3,(H2,16,17,18,19). The van der Waals surface area contributed by atoms with Gasteiger partial charge in [-0.25, -0.2) is 4.98 Å². The topological polar surface area (TPSA) is 59.1 Å². The molecule has 0 aliphatic carbocycles. The Morgan fingerprint density at radius 2 is 2.15 bits per heavy atom. The maximum absolute atomic E-state index is 6.09. The summed E-state index contributed by atoms with van der Waals surface area (Å²) in [6, 6.07) is 5.51. The highest BCUT2D eigenvalue weighted by Crippen LogP contribution is 2.32. The summed E-state index contributed by atoms with van der Waals surface area (Å²) in [4.78, 5) is 8.49. The van der Waals surface area contributed by atoms with Gasteiger partial charge in [0.15, 0.2) is 0 Å². The van der Waals surface area contributed by atoms with Gasteiger partial charge in [-0.15, -0.1) is 0 Å². The van der Waals surface area contributed by atoms with E-state index in [1.807, 2.05) is 19.9 Å². The van der Waals surface area contributed by atoms with Crippen molar-refractivity contribution in [2.24, 2.45) is 0 Å². The summed E-state index contributed by atoms with van der Waals surface area (Å²) in [5.41, 5.74) is 1.78. The molecule has 0 spiro atoms. The summed E-state index contributed by atoms with van der Waals surface area (Å²) in [7, 11) is 1.61. The van der Waals surface area contributed by atoms with Gasteiger partial charge < -0.3 is 15.4 Å². The van der Waals surface area contributed by atoms with Crippen LogP contribution in [0.4, 0.5) is 17.5 Å². The second-order valence-electron chi connectivity index (χ2n) is 4.22. The van der Waals surface area contributed by atoms with E-state index in [2.05, 4.69) is 20.6 Å². The van der Waals surface area contributed by atoms with Gasteiger partial charge >= 0.3 is 0 Å². The normalized spacial score (nSPS) is 10.2. The van der Waals surface area contributed by atoms with E-state index < -0.39 is 0 Å². The van der Waals surface area contributed by atoms with Crippen LogP contribution in [0.5, 0.6) is 5.75 Å². The Kier molecular flexibility index (Phi) is 4.63. The number of anilines is 3. The van der Waals surface area contributed by atoms with Gasteiger partial charge in [-0.05, 0) is 31.5 Å². The first-order chi connectivity index (χ1) is 9.63. The predicted octanol–water partition coefficient (Wildman–Crippen LogP) is 3.62. The van der Waals surface area contributed by atoms with Crippen LogP contribution in [0.15, 0.2) is 24.4 Å². The molecule has 0 unspecified atom stereocenters. The summed E-state index contributed by atoms with van der Waals surface area (Å²) >= 11 is 6.09. The van der Waals surface area contributed by atoms with Crippen molar-refractivity contribution in [1.82, 2.24) is 9.97 Å². The minimum Gasteiger partial charge on any atom is -0.495 e. The Morgan fingerprint density at radius 3 is 2.85 bits per heavy atom. The van der Waals surface area contributed by atoms with Crippen LogP contribution in [0.2, 0.25) is 5.02 Å². The fourth-order valence-electron chi connectivity index (χ4n) is 1.74. The Labute approximate surface area is 123 Å². The van der Waals surface area contributed by atoms with E-state index in [-0.39, 0.29) is 0 Å². The molecule has 2 N–H and O–H groups in total. The minimum atomic E-state index is 0.585. The first kappa shape index (κ1) is 14.4. The van der Waals surface area contributed by atoms with Crippen molar-refractivity contribution < 1.29 is 4.74 Å². The van der Waals surface area contributed by atoms with Crippen LogP contribution in [0.1, 0.15) is 12.5 Å². The first-order valence-electron chi connectivity index (χ1n) is 6.32. The van der Waals surface area contributed by atoms with Crippen LogP contribution in [0.25, 0.3) is 0 Å². The predicted molar refractivity (Wildman–Crippen MR) is 82.2 cm³/mol. The van der Waals surface area contributed by atoms with Crippen LogP contribution >= 0.6 is 11.6 Å². The molecule has 0 aliphatic heterocycles. The Morgan fingerprint density at radius 1 is 1.35 bits per heavy atom. The lowest BCUT2D eigenvalue weighted by molar-refractivity contribution is 0.416. The maximum atomic E-state index is 6.09. The van der Waals surface area contributed by atoms with Crippen molar-refractivity contribution in [2.75, 3.05) is 24.3 Å².